The summed E-state index contributed by atoms with van der Waals surface area (Å²) in [4.78, 5) is 5.28. The number of fused-ring (bicyclic) bond motifs is 1. The molecule has 2 aromatic rings. The molecule has 2 aromatic heterocycles. The molecular formula is C9H11N3S. The third kappa shape index (κ3) is 1.78. The Morgan fingerprint density at radius 1 is 1.38 bits per heavy atom. The first kappa shape index (κ1) is 8.44. The molecule has 2 heterocycles. The Labute approximate surface area is 81.0 Å². The van der Waals surface area contributed by atoms with Gasteiger partial charge in [-0.1, -0.05) is 0 Å². The number of nitrogens with zero attached hydrogens (tertiary/aromatic N) is 2. The SMILES string of the molecule is CC(C)Nc1cnc2sncc2c1. The average molecular weight is 193 g/mol. The molecule has 0 atom stereocenters. The Bertz CT molecular complexity index is 408. The van der Waals surface area contributed by atoms with Crippen molar-refractivity contribution in [2.45, 2.75) is 19.9 Å². The van der Waals surface area contributed by atoms with E-state index in [-0.39, 0.29) is 0 Å². The van der Waals surface area contributed by atoms with Crippen LogP contribution < -0.4 is 5.32 Å². The van der Waals surface area contributed by atoms with E-state index in [9.17, 15) is 0 Å². The summed E-state index contributed by atoms with van der Waals surface area (Å²) in [5, 5.41) is 4.41. The van der Waals surface area contributed by atoms with Gasteiger partial charge in [-0.3, -0.25) is 0 Å². The second-order valence-corrected chi connectivity index (χ2v) is 4.02. The van der Waals surface area contributed by atoms with Gasteiger partial charge in [0.15, 0.2) is 0 Å². The number of hydrogen-bond donors (Lipinski definition) is 1. The predicted molar refractivity (Wildman–Crippen MR) is 56.2 cm³/mol. The Morgan fingerprint density at radius 3 is 3.00 bits per heavy atom. The largest absolute Gasteiger partial charge is 0.382 e. The molecule has 68 valence electrons. The molecule has 0 fully saturated rings. The summed E-state index contributed by atoms with van der Waals surface area (Å²) in [6.07, 6.45) is 3.69. The summed E-state index contributed by atoms with van der Waals surface area (Å²) in [6.45, 7) is 4.21. The smallest absolute Gasteiger partial charge is 0.143 e. The first-order valence-corrected chi connectivity index (χ1v) is 5.00. The highest BCUT2D eigenvalue weighted by Gasteiger charge is 2.00. The maximum atomic E-state index is 4.29. The van der Waals surface area contributed by atoms with E-state index in [2.05, 4.69) is 34.6 Å². The average Bonchev–Trinajstić information content (AvgIpc) is 2.49. The molecule has 0 radical (unpaired) electrons. The van der Waals surface area contributed by atoms with Gasteiger partial charge in [-0.25, -0.2) is 4.98 Å². The van der Waals surface area contributed by atoms with Crippen molar-refractivity contribution in [2.24, 2.45) is 0 Å². The first-order chi connectivity index (χ1) is 6.25. The van der Waals surface area contributed by atoms with Crippen LogP contribution in [-0.4, -0.2) is 15.4 Å². The highest BCUT2D eigenvalue weighted by Crippen LogP contribution is 2.19. The van der Waals surface area contributed by atoms with Crippen molar-refractivity contribution in [2.75, 3.05) is 5.32 Å². The van der Waals surface area contributed by atoms with Gasteiger partial charge >= 0.3 is 0 Å². The predicted octanol–water partition coefficient (Wildman–Crippen LogP) is 2.51. The standard InChI is InChI=1S/C9H11N3S/c1-6(2)12-8-3-7-4-11-13-9(7)10-5-8/h3-6,12H,1-2H3. The molecule has 0 aliphatic rings. The van der Waals surface area contributed by atoms with Gasteiger partial charge in [-0.2, -0.15) is 4.37 Å². The highest BCUT2D eigenvalue weighted by molar-refractivity contribution is 7.12. The van der Waals surface area contributed by atoms with E-state index in [1.54, 1.807) is 0 Å². The molecule has 0 amide bonds. The van der Waals surface area contributed by atoms with Crippen LogP contribution in [0.4, 0.5) is 5.69 Å². The molecule has 13 heavy (non-hydrogen) atoms. The lowest BCUT2D eigenvalue weighted by molar-refractivity contribution is 0.899. The van der Waals surface area contributed by atoms with Gasteiger partial charge in [0.05, 0.1) is 18.1 Å². The van der Waals surface area contributed by atoms with E-state index < -0.39 is 0 Å². The summed E-state index contributed by atoms with van der Waals surface area (Å²) in [5.41, 5.74) is 1.06. The molecule has 0 bridgehead atoms. The lowest BCUT2D eigenvalue weighted by Gasteiger charge is -2.08. The van der Waals surface area contributed by atoms with Gasteiger partial charge in [0.1, 0.15) is 4.83 Å². The minimum absolute atomic E-state index is 0.436. The number of aromatic nitrogens is 2. The number of pyridine rings is 1. The summed E-state index contributed by atoms with van der Waals surface area (Å²) in [7, 11) is 0. The van der Waals surface area contributed by atoms with Crippen LogP contribution in [0, 0.1) is 0 Å². The molecule has 0 spiro atoms. The Balaban J connectivity index is 2.37. The molecule has 1 N–H and O–H groups in total. The zero-order valence-electron chi connectivity index (χ0n) is 7.61. The number of nitrogens with one attached hydrogen (secondary N) is 1. The third-order valence-corrected chi connectivity index (χ3v) is 2.39. The Hall–Kier alpha value is -1.16. The fraction of sp³-hybridized carbons (Fsp3) is 0.333. The van der Waals surface area contributed by atoms with Gasteiger partial charge in [-0.15, -0.1) is 0 Å². The Kier molecular flexibility index (Phi) is 2.14. The molecule has 0 aliphatic heterocycles. The van der Waals surface area contributed by atoms with Crippen LogP contribution in [0.2, 0.25) is 0 Å². The maximum Gasteiger partial charge on any atom is 0.143 e. The van der Waals surface area contributed by atoms with Gasteiger partial charge in [-0.05, 0) is 31.4 Å². The lowest BCUT2D eigenvalue weighted by atomic mass is 10.3. The van der Waals surface area contributed by atoms with Gasteiger partial charge < -0.3 is 5.32 Å². The zero-order chi connectivity index (χ0) is 9.26. The molecular weight excluding hydrogens is 182 g/mol. The van der Waals surface area contributed by atoms with Crippen molar-refractivity contribution in [3.63, 3.8) is 0 Å². The van der Waals surface area contributed by atoms with Crippen molar-refractivity contribution in [3.8, 4) is 0 Å². The topological polar surface area (TPSA) is 37.8 Å². The van der Waals surface area contributed by atoms with Crippen molar-refractivity contribution in [3.05, 3.63) is 18.5 Å². The lowest BCUT2D eigenvalue weighted by Crippen LogP contribution is -2.09. The molecule has 2 rings (SSSR count). The van der Waals surface area contributed by atoms with Crippen LogP contribution in [0.3, 0.4) is 0 Å². The summed E-state index contributed by atoms with van der Waals surface area (Å²) in [5.74, 6) is 0. The monoisotopic (exact) mass is 193 g/mol. The van der Waals surface area contributed by atoms with Crippen LogP contribution in [-0.2, 0) is 0 Å². The minimum atomic E-state index is 0.436. The second kappa shape index (κ2) is 3.30. The van der Waals surface area contributed by atoms with E-state index in [1.165, 1.54) is 11.5 Å². The minimum Gasteiger partial charge on any atom is -0.382 e. The first-order valence-electron chi connectivity index (χ1n) is 4.22. The fourth-order valence-corrected chi connectivity index (χ4v) is 1.77. The molecule has 0 unspecified atom stereocenters. The number of hydrogen-bond acceptors (Lipinski definition) is 4. The van der Waals surface area contributed by atoms with Crippen molar-refractivity contribution in [1.82, 2.24) is 9.36 Å². The molecule has 0 saturated heterocycles. The van der Waals surface area contributed by atoms with Crippen LogP contribution >= 0.6 is 11.5 Å². The van der Waals surface area contributed by atoms with Crippen LogP contribution in [0.5, 0.6) is 0 Å². The molecule has 0 saturated carbocycles. The fourth-order valence-electron chi connectivity index (χ4n) is 1.18. The van der Waals surface area contributed by atoms with Gasteiger partial charge in [0.2, 0.25) is 0 Å². The van der Waals surface area contributed by atoms with E-state index in [1.807, 2.05) is 12.4 Å². The zero-order valence-corrected chi connectivity index (χ0v) is 8.43. The second-order valence-electron chi connectivity index (χ2n) is 3.24. The van der Waals surface area contributed by atoms with Crippen LogP contribution in [0.15, 0.2) is 18.5 Å². The Morgan fingerprint density at radius 2 is 2.23 bits per heavy atom. The van der Waals surface area contributed by atoms with E-state index in [0.717, 1.165) is 15.9 Å². The summed E-state index contributed by atoms with van der Waals surface area (Å²) >= 11 is 1.43. The quantitative estimate of drug-likeness (QED) is 0.796. The number of rotatable bonds is 2. The number of anilines is 1. The van der Waals surface area contributed by atoms with E-state index in [4.69, 9.17) is 0 Å². The van der Waals surface area contributed by atoms with Crippen molar-refractivity contribution < 1.29 is 0 Å². The van der Waals surface area contributed by atoms with Crippen LogP contribution in [0.25, 0.3) is 10.2 Å². The van der Waals surface area contributed by atoms with Crippen molar-refractivity contribution in [1.29, 1.82) is 0 Å². The van der Waals surface area contributed by atoms with Crippen molar-refractivity contribution >= 4 is 27.4 Å². The van der Waals surface area contributed by atoms with Crippen LogP contribution in [0.1, 0.15) is 13.8 Å². The molecule has 4 heteroatoms. The highest BCUT2D eigenvalue weighted by atomic mass is 32.1. The normalized spacial score (nSPS) is 11.0. The van der Waals surface area contributed by atoms with E-state index >= 15 is 0 Å². The molecule has 3 nitrogen and oxygen atoms in total. The summed E-state index contributed by atoms with van der Waals surface area (Å²) in [6, 6.07) is 2.51. The molecule has 0 aromatic carbocycles. The van der Waals surface area contributed by atoms with E-state index in [0.29, 0.717) is 6.04 Å². The van der Waals surface area contributed by atoms with Gasteiger partial charge in [0.25, 0.3) is 0 Å². The maximum absolute atomic E-state index is 4.29. The third-order valence-electron chi connectivity index (χ3n) is 1.67. The van der Waals surface area contributed by atoms with Gasteiger partial charge in [0, 0.05) is 11.4 Å². The molecule has 0 aliphatic carbocycles. The summed E-state index contributed by atoms with van der Waals surface area (Å²) < 4.78 is 4.07.